The Balaban J connectivity index is 1.63. The van der Waals surface area contributed by atoms with Crippen LogP contribution in [-0.2, 0) is 16.1 Å². The van der Waals surface area contributed by atoms with Gasteiger partial charge in [-0.2, -0.15) is 0 Å². The molecule has 0 aromatic heterocycles. The summed E-state index contributed by atoms with van der Waals surface area (Å²) in [7, 11) is 1.67. The van der Waals surface area contributed by atoms with Crippen molar-refractivity contribution in [3.63, 3.8) is 0 Å². The van der Waals surface area contributed by atoms with E-state index in [9.17, 15) is 14.4 Å². The molecule has 1 heterocycles. The summed E-state index contributed by atoms with van der Waals surface area (Å²) >= 11 is 0. The van der Waals surface area contributed by atoms with Crippen molar-refractivity contribution in [2.45, 2.75) is 31.8 Å². The van der Waals surface area contributed by atoms with Gasteiger partial charge in [-0.15, -0.1) is 0 Å². The second kappa shape index (κ2) is 5.68. The number of hydrogen-bond acceptors (Lipinski definition) is 3. The van der Waals surface area contributed by atoms with E-state index in [0.717, 1.165) is 23.3 Å². The third kappa shape index (κ3) is 2.93. The summed E-state index contributed by atoms with van der Waals surface area (Å²) in [6.07, 6.45) is 1.89. The van der Waals surface area contributed by atoms with Crippen LogP contribution in [0.4, 0.5) is 4.79 Å². The second-order valence-corrected chi connectivity index (χ2v) is 6.53. The Labute approximate surface area is 135 Å². The molecule has 1 saturated carbocycles. The number of hydrogen-bond donors (Lipinski definition) is 1. The van der Waals surface area contributed by atoms with Crippen LogP contribution in [0.25, 0.3) is 0 Å². The highest BCUT2D eigenvalue weighted by Gasteiger charge is 2.56. The Bertz CT molecular complexity index is 642. The summed E-state index contributed by atoms with van der Waals surface area (Å²) in [5, 5.41) is 2.75. The van der Waals surface area contributed by atoms with Gasteiger partial charge in [-0.05, 0) is 31.2 Å². The summed E-state index contributed by atoms with van der Waals surface area (Å²) < 4.78 is 0. The van der Waals surface area contributed by atoms with Gasteiger partial charge in [0.25, 0.3) is 5.91 Å². The molecule has 122 valence electrons. The van der Waals surface area contributed by atoms with Crippen molar-refractivity contribution in [2.24, 2.45) is 5.92 Å². The Morgan fingerprint density at radius 3 is 2.57 bits per heavy atom. The lowest BCUT2D eigenvalue weighted by Gasteiger charge is -2.22. The molecule has 1 aliphatic heterocycles. The Hall–Kier alpha value is -2.37. The number of benzene rings is 1. The van der Waals surface area contributed by atoms with Crippen LogP contribution in [-0.4, -0.2) is 46.8 Å². The molecule has 6 heteroatoms. The van der Waals surface area contributed by atoms with E-state index in [2.05, 4.69) is 5.32 Å². The van der Waals surface area contributed by atoms with Gasteiger partial charge in [0.05, 0.1) is 0 Å². The van der Waals surface area contributed by atoms with E-state index in [0.29, 0.717) is 6.54 Å². The van der Waals surface area contributed by atoms with Crippen LogP contribution in [0.5, 0.6) is 0 Å². The first-order chi connectivity index (χ1) is 10.9. The van der Waals surface area contributed by atoms with E-state index < -0.39 is 11.6 Å². The lowest BCUT2D eigenvalue weighted by atomic mass is 9.96. The highest BCUT2D eigenvalue weighted by atomic mass is 16.2. The lowest BCUT2D eigenvalue weighted by Crippen LogP contribution is -2.47. The van der Waals surface area contributed by atoms with Crippen molar-refractivity contribution in [2.75, 3.05) is 13.6 Å². The molecule has 0 spiro atoms. The summed E-state index contributed by atoms with van der Waals surface area (Å²) in [5.74, 6) is -0.343. The van der Waals surface area contributed by atoms with Crippen LogP contribution in [0.3, 0.4) is 0 Å². The monoisotopic (exact) mass is 315 g/mol. The Morgan fingerprint density at radius 1 is 1.30 bits per heavy atom. The fourth-order valence-electron chi connectivity index (χ4n) is 3.00. The van der Waals surface area contributed by atoms with Crippen LogP contribution >= 0.6 is 0 Å². The van der Waals surface area contributed by atoms with E-state index >= 15 is 0 Å². The van der Waals surface area contributed by atoms with Gasteiger partial charge in [0, 0.05) is 13.6 Å². The van der Waals surface area contributed by atoms with Gasteiger partial charge in [-0.1, -0.05) is 30.3 Å². The van der Waals surface area contributed by atoms with Crippen LogP contribution in [0.2, 0.25) is 0 Å². The van der Waals surface area contributed by atoms with Crippen molar-refractivity contribution < 1.29 is 14.4 Å². The number of carbonyl (C=O) groups excluding carboxylic acids is 3. The minimum atomic E-state index is -0.838. The van der Waals surface area contributed by atoms with Gasteiger partial charge in [0.15, 0.2) is 0 Å². The molecule has 0 bridgehead atoms. The highest BCUT2D eigenvalue weighted by Crippen LogP contribution is 2.42. The van der Waals surface area contributed by atoms with Gasteiger partial charge in [-0.3, -0.25) is 14.5 Å². The van der Waals surface area contributed by atoms with Crippen molar-refractivity contribution in [3.8, 4) is 0 Å². The molecule has 4 amide bonds. The molecule has 6 nitrogen and oxygen atoms in total. The molecule has 2 aliphatic rings. The molecule has 1 aromatic rings. The zero-order valence-electron chi connectivity index (χ0n) is 13.4. The number of amides is 4. The topological polar surface area (TPSA) is 69.7 Å². The van der Waals surface area contributed by atoms with E-state index in [1.165, 1.54) is 4.90 Å². The summed E-state index contributed by atoms with van der Waals surface area (Å²) in [5.41, 5.74) is 0.165. The van der Waals surface area contributed by atoms with Crippen molar-refractivity contribution in [1.82, 2.24) is 15.1 Å². The molecule has 1 atom stereocenters. The van der Waals surface area contributed by atoms with E-state index in [4.69, 9.17) is 0 Å². The first kappa shape index (κ1) is 15.5. The van der Waals surface area contributed by atoms with Crippen LogP contribution < -0.4 is 5.32 Å². The minimum absolute atomic E-state index is 0.195. The Morgan fingerprint density at radius 2 is 1.96 bits per heavy atom. The largest absolute Gasteiger partial charge is 0.340 e. The summed E-state index contributed by atoms with van der Waals surface area (Å²) in [6, 6.07) is 9.13. The van der Waals surface area contributed by atoms with Crippen molar-refractivity contribution in [3.05, 3.63) is 35.9 Å². The molecule has 0 radical (unpaired) electrons. The predicted octanol–water partition coefficient (Wildman–Crippen LogP) is 1.37. The Kier molecular flexibility index (Phi) is 3.83. The van der Waals surface area contributed by atoms with E-state index in [-0.39, 0.29) is 24.3 Å². The predicted molar refractivity (Wildman–Crippen MR) is 84.3 cm³/mol. The minimum Gasteiger partial charge on any atom is -0.340 e. The third-order valence-corrected chi connectivity index (χ3v) is 4.68. The SMILES string of the molecule is CN(Cc1ccccc1)C(=O)CN1C(=O)NC(C)(C2CC2)C1=O. The normalized spacial score (nSPS) is 23.8. The highest BCUT2D eigenvalue weighted by molar-refractivity contribution is 6.09. The smallest absolute Gasteiger partial charge is 0.325 e. The van der Waals surface area contributed by atoms with Crippen LogP contribution in [0.15, 0.2) is 30.3 Å². The van der Waals surface area contributed by atoms with Gasteiger partial charge < -0.3 is 10.2 Å². The zero-order valence-corrected chi connectivity index (χ0v) is 13.4. The molecular weight excluding hydrogens is 294 g/mol. The number of likely N-dealkylation sites (N-methyl/N-ethyl adjacent to an activating group) is 1. The first-order valence-electron chi connectivity index (χ1n) is 7.84. The third-order valence-electron chi connectivity index (χ3n) is 4.68. The standard InChI is InChI=1S/C17H21N3O3/c1-17(13-8-9-13)15(22)20(16(23)18-17)11-14(21)19(2)10-12-6-4-3-5-7-12/h3-7,13H,8-11H2,1-2H3,(H,18,23). The molecule has 1 saturated heterocycles. The average Bonchev–Trinajstić information content (AvgIpc) is 3.34. The zero-order chi connectivity index (χ0) is 16.6. The summed E-state index contributed by atoms with van der Waals surface area (Å²) in [6.45, 7) is 1.99. The molecule has 1 unspecified atom stereocenters. The molecule has 3 rings (SSSR count). The lowest BCUT2D eigenvalue weighted by molar-refractivity contribution is -0.138. The second-order valence-electron chi connectivity index (χ2n) is 6.53. The van der Waals surface area contributed by atoms with Crippen molar-refractivity contribution in [1.29, 1.82) is 0 Å². The maximum absolute atomic E-state index is 12.5. The van der Waals surface area contributed by atoms with E-state index in [1.54, 1.807) is 14.0 Å². The average molecular weight is 315 g/mol. The molecule has 23 heavy (non-hydrogen) atoms. The molecular formula is C17H21N3O3. The van der Waals surface area contributed by atoms with Gasteiger partial charge in [0.1, 0.15) is 12.1 Å². The maximum atomic E-state index is 12.5. The number of carbonyl (C=O) groups is 3. The van der Waals surface area contributed by atoms with Crippen LogP contribution in [0, 0.1) is 5.92 Å². The number of nitrogens with one attached hydrogen (secondary N) is 1. The number of nitrogens with zero attached hydrogens (tertiary/aromatic N) is 2. The summed E-state index contributed by atoms with van der Waals surface area (Å²) in [4.78, 5) is 39.5. The molecule has 1 aliphatic carbocycles. The molecule has 2 fully saturated rings. The fraction of sp³-hybridized carbons (Fsp3) is 0.471. The van der Waals surface area contributed by atoms with Gasteiger partial charge >= 0.3 is 6.03 Å². The fourth-order valence-corrected chi connectivity index (χ4v) is 3.00. The molecule has 1 aromatic carbocycles. The quantitative estimate of drug-likeness (QED) is 0.834. The number of imide groups is 1. The van der Waals surface area contributed by atoms with Gasteiger partial charge in [0.2, 0.25) is 5.91 Å². The van der Waals surface area contributed by atoms with Crippen molar-refractivity contribution >= 4 is 17.8 Å². The number of rotatable bonds is 5. The van der Waals surface area contributed by atoms with Gasteiger partial charge in [-0.25, -0.2) is 4.79 Å². The molecule has 1 N–H and O–H groups in total. The van der Waals surface area contributed by atoms with Crippen LogP contribution in [0.1, 0.15) is 25.3 Å². The maximum Gasteiger partial charge on any atom is 0.325 e. The number of urea groups is 1. The van der Waals surface area contributed by atoms with E-state index in [1.807, 2.05) is 30.3 Å². The first-order valence-corrected chi connectivity index (χ1v) is 7.84.